The second kappa shape index (κ2) is 17.9. The third kappa shape index (κ3) is 10.5. The smallest absolute Gasteiger partial charge is 0.407 e. The molecule has 0 saturated heterocycles. The summed E-state index contributed by atoms with van der Waals surface area (Å²) in [6.45, 7) is 5.96. The fraction of sp³-hybridized carbons (Fsp3) is 0.286. The number of rotatable bonds is 5. The number of unbranched alkanes of at least 4 members (excludes halogenated alkanes) is 1. The maximum atomic E-state index is 13.4. The first-order valence-corrected chi connectivity index (χ1v) is 17.6. The van der Waals surface area contributed by atoms with E-state index < -0.39 is 29.5 Å². The second-order valence-corrected chi connectivity index (χ2v) is 13.3. The van der Waals surface area contributed by atoms with Gasteiger partial charge in [0.15, 0.2) is 0 Å². The van der Waals surface area contributed by atoms with Gasteiger partial charge in [-0.15, -0.1) is 0 Å². The van der Waals surface area contributed by atoms with Gasteiger partial charge in [-0.1, -0.05) is 72.8 Å². The number of amides is 3. The molecule has 4 aromatic carbocycles. The molecule has 0 fully saturated rings. The summed E-state index contributed by atoms with van der Waals surface area (Å²) in [4.78, 5) is 51.3. The van der Waals surface area contributed by atoms with Gasteiger partial charge < -0.3 is 34.9 Å². The Morgan fingerprint density at radius 2 is 1.51 bits per heavy atom. The number of fused-ring (bicyclic) bond motifs is 7. The third-order valence-electron chi connectivity index (χ3n) is 8.14. The summed E-state index contributed by atoms with van der Waals surface area (Å²) in [7, 11) is 1.21. The zero-order valence-electron chi connectivity index (χ0n) is 30.5. The Morgan fingerprint density at radius 3 is 2.15 bits per heavy atom. The molecule has 1 aliphatic heterocycles. The van der Waals surface area contributed by atoms with Crippen LogP contribution in [-0.4, -0.2) is 56.3 Å². The number of nitrogens with one attached hydrogen (secondary N) is 3. The van der Waals surface area contributed by atoms with Crippen LogP contribution >= 0.6 is 0 Å². The van der Waals surface area contributed by atoms with Crippen LogP contribution in [0.3, 0.4) is 0 Å². The molecule has 4 aromatic rings. The molecule has 0 radical (unpaired) electrons. The quantitative estimate of drug-likeness (QED) is 0.111. The number of alkyl carbamates (subject to hydrolysis) is 1. The van der Waals surface area contributed by atoms with Crippen LogP contribution in [0.4, 0.5) is 4.79 Å². The zero-order valence-corrected chi connectivity index (χ0v) is 30.5. The molecule has 0 spiro atoms. The Balaban J connectivity index is 1.46. The predicted octanol–water partition coefficient (Wildman–Crippen LogP) is 7.25. The Morgan fingerprint density at radius 1 is 0.868 bits per heavy atom. The number of carbonyl (C=O) groups excluding carboxylic acids is 4. The molecule has 3 amide bonds. The maximum Gasteiger partial charge on any atom is 0.407 e. The fourth-order valence-corrected chi connectivity index (χ4v) is 5.76. The number of hydrogen-bond donors (Lipinski definition) is 3. The number of carbonyl (C=O) groups is 4. The molecule has 276 valence electrons. The van der Waals surface area contributed by atoms with Gasteiger partial charge in [0.05, 0.1) is 13.7 Å². The van der Waals surface area contributed by atoms with Crippen molar-refractivity contribution >= 4 is 45.4 Å². The zero-order chi connectivity index (χ0) is 37.8. The Hall–Kier alpha value is -6.10. The summed E-state index contributed by atoms with van der Waals surface area (Å²) in [6, 6.07) is 24.0. The van der Waals surface area contributed by atoms with Crippen molar-refractivity contribution in [3.8, 4) is 22.6 Å². The van der Waals surface area contributed by atoms with Crippen LogP contribution in [0.2, 0.25) is 0 Å². The number of hydrogen-bond acceptors (Lipinski definition) is 8. The highest BCUT2D eigenvalue weighted by molar-refractivity contribution is 6.10. The van der Waals surface area contributed by atoms with Crippen LogP contribution in [0.25, 0.3) is 32.7 Å². The Labute approximate surface area is 309 Å². The lowest BCUT2D eigenvalue weighted by molar-refractivity contribution is -0.137. The van der Waals surface area contributed by atoms with Crippen LogP contribution in [-0.2, 0) is 23.9 Å². The van der Waals surface area contributed by atoms with E-state index in [1.54, 1.807) is 39.0 Å². The lowest BCUT2D eigenvalue weighted by atomic mass is 9.92. The molecule has 0 unspecified atom stereocenters. The molecule has 1 aliphatic rings. The summed E-state index contributed by atoms with van der Waals surface area (Å²) in [6.07, 6.45) is 6.88. The molecule has 1 heterocycles. The van der Waals surface area contributed by atoms with E-state index in [1.165, 1.54) is 13.2 Å². The Kier molecular flexibility index (Phi) is 12.9. The normalized spacial score (nSPS) is 16.8. The van der Waals surface area contributed by atoms with Crippen molar-refractivity contribution in [3.05, 3.63) is 108 Å². The number of methoxy groups -OCH3 is 1. The average molecular weight is 720 g/mol. The van der Waals surface area contributed by atoms with E-state index >= 15 is 0 Å². The van der Waals surface area contributed by atoms with Crippen LogP contribution in [0.1, 0.15) is 46.5 Å². The van der Waals surface area contributed by atoms with Crippen molar-refractivity contribution in [1.82, 2.24) is 16.0 Å². The van der Waals surface area contributed by atoms with Crippen molar-refractivity contribution in [3.63, 3.8) is 0 Å². The van der Waals surface area contributed by atoms with Gasteiger partial charge in [0.1, 0.15) is 35.1 Å². The number of allylic oxidation sites excluding steroid dienone is 3. The van der Waals surface area contributed by atoms with Crippen LogP contribution in [0.5, 0.6) is 11.5 Å². The average Bonchev–Trinajstić information content (AvgIpc) is 3.13. The molecule has 0 aromatic heterocycles. The topological polar surface area (TPSA) is 141 Å². The van der Waals surface area contributed by atoms with Crippen LogP contribution in [0, 0.1) is 0 Å². The molecular weight excluding hydrogens is 674 g/mol. The summed E-state index contributed by atoms with van der Waals surface area (Å²) in [5.74, 6) is -0.625. The van der Waals surface area contributed by atoms with E-state index in [0.717, 1.165) is 32.7 Å². The Bertz CT molecular complexity index is 2080. The summed E-state index contributed by atoms with van der Waals surface area (Å²) < 4.78 is 22.9. The second-order valence-electron chi connectivity index (χ2n) is 13.3. The largest absolute Gasteiger partial charge is 0.493 e. The molecule has 3 N–H and O–H groups in total. The van der Waals surface area contributed by atoms with Crippen LogP contribution in [0.15, 0.2) is 108 Å². The van der Waals surface area contributed by atoms with Gasteiger partial charge in [-0.3, -0.25) is 9.59 Å². The van der Waals surface area contributed by atoms with E-state index in [2.05, 4.69) is 28.1 Å². The van der Waals surface area contributed by atoms with Gasteiger partial charge in [0.25, 0.3) is 5.91 Å². The lowest BCUT2D eigenvalue weighted by Gasteiger charge is -2.19. The molecule has 11 nitrogen and oxygen atoms in total. The highest BCUT2D eigenvalue weighted by atomic mass is 16.6. The van der Waals surface area contributed by atoms with Crippen LogP contribution < -0.4 is 25.4 Å². The van der Waals surface area contributed by atoms with Crippen molar-refractivity contribution in [2.45, 2.75) is 52.1 Å². The molecule has 53 heavy (non-hydrogen) atoms. The molecule has 0 bridgehead atoms. The minimum Gasteiger partial charge on any atom is -0.493 e. The summed E-state index contributed by atoms with van der Waals surface area (Å²) >= 11 is 0. The van der Waals surface area contributed by atoms with E-state index in [4.69, 9.17) is 18.9 Å². The fourth-order valence-electron chi connectivity index (χ4n) is 5.76. The van der Waals surface area contributed by atoms with Crippen molar-refractivity contribution in [2.75, 3.05) is 26.9 Å². The van der Waals surface area contributed by atoms with E-state index in [0.29, 0.717) is 30.8 Å². The summed E-state index contributed by atoms with van der Waals surface area (Å²) in [5.41, 5.74) is 0.917. The van der Waals surface area contributed by atoms with Gasteiger partial charge in [0.2, 0.25) is 5.91 Å². The first kappa shape index (κ1) is 38.1. The van der Waals surface area contributed by atoms with Gasteiger partial charge in [-0.25, -0.2) is 9.59 Å². The SMILES string of the molecule is COC(=O)/C1=C/C=C/COc2ccc3ccccc3c2-c2c(ccc3ccccc23)OCCCC(=O)N/C(=C\CCCNC(=O)OC(C)(C)C)C(=O)N1. The van der Waals surface area contributed by atoms with E-state index in [1.807, 2.05) is 60.7 Å². The van der Waals surface area contributed by atoms with Crippen molar-refractivity contribution in [2.24, 2.45) is 0 Å². The molecule has 0 aliphatic carbocycles. The van der Waals surface area contributed by atoms with Crippen molar-refractivity contribution < 1.29 is 38.1 Å². The monoisotopic (exact) mass is 719 g/mol. The van der Waals surface area contributed by atoms with Gasteiger partial charge in [-0.2, -0.15) is 0 Å². The highest BCUT2D eigenvalue weighted by Gasteiger charge is 2.21. The lowest BCUT2D eigenvalue weighted by Crippen LogP contribution is -2.36. The van der Waals surface area contributed by atoms with E-state index in [9.17, 15) is 19.2 Å². The first-order chi connectivity index (χ1) is 25.5. The first-order valence-electron chi connectivity index (χ1n) is 17.6. The standard InChI is InChI=1S/C42H45N3O8/c1-42(2,3)53-41(49)43-25-11-9-18-32-39(47)45-33(40(48)50-4)19-10-12-26-51-34-23-21-28-14-5-7-16-30(28)37(34)38-31-17-8-6-15-29(31)22-24-35(38)52-27-13-20-36(46)44-32/h5-8,10,12,14-19,21-24H,9,11,13,20,25-27H2,1-4H3,(H,43,49)(H,44,46)(H,45,47)/b12-10+,32-18-,33-19-. The molecule has 11 heteroatoms. The molecule has 5 rings (SSSR count). The molecule has 0 atom stereocenters. The highest BCUT2D eigenvalue weighted by Crippen LogP contribution is 2.45. The third-order valence-corrected chi connectivity index (χ3v) is 8.14. The van der Waals surface area contributed by atoms with Crippen molar-refractivity contribution in [1.29, 1.82) is 0 Å². The number of ether oxygens (including phenoxy) is 4. The molecule has 0 saturated carbocycles. The number of benzene rings is 4. The number of esters is 1. The molecular formula is C42H45N3O8. The minimum atomic E-state index is -0.778. The maximum absolute atomic E-state index is 13.4. The van der Waals surface area contributed by atoms with Gasteiger partial charge in [-0.05, 0) is 85.9 Å². The van der Waals surface area contributed by atoms with E-state index in [-0.39, 0.29) is 37.6 Å². The van der Waals surface area contributed by atoms with Gasteiger partial charge >= 0.3 is 12.1 Å². The minimum absolute atomic E-state index is 0.0487. The predicted molar refractivity (Wildman–Crippen MR) is 204 cm³/mol. The van der Waals surface area contributed by atoms with Gasteiger partial charge in [0, 0.05) is 24.1 Å². The summed E-state index contributed by atoms with van der Waals surface area (Å²) in [5, 5.41) is 12.0.